The van der Waals surface area contributed by atoms with Gasteiger partial charge in [0.05, 0.1) is 0 Å². The van der Waals surface area contributed by atoms with Crippen molar-refractivity contribution in [2.24, 2.45) is 0 Å². The van der Waals surface area contributed by atoms with E-state index >= 15 is 0 Å². The first kappa shape index (κ1) is 10.4. The van der Waals surface area contributed by atoms with Gasteiger partial charge in [0.15, 0.2) is 0 Å². The number of hydrogen-bond acceptors (Lipinski definition) is 0. The van der Waals surface area contributed by atoms with Gasteiger partial charge < -0.3 is 0 Å². The standard InChI is InChI=1S/C5H8F2.C4H6/c6-5(7)3-1-2-4-5;1-3-4-2/h1-4H2;1-2H3. The van der Waals surface area contributed by atoms with Crippen LogP contribution in [0.25, 0.3) is 0 Å². The summed E-state index contributed by atoms with van der Waals surface area (Å²) in [6, 6.07) is 0. The Morgan fingerprint density at radius 2 is 1.36 bits per heavy atom. The van der Waals surface area contributed by atoms with Crippen LogP contribution in [0.2, 0.25) is 0 Å². The molecule has 0 N–H and O–H groups in total. The van der Waals surface area contributed by atoms with Crippen molar-refractivity contribution in [2.75, 3.05) is 0 Å². The molecule has 0 heterocycles. The average molecular weight is 160 g/mol. The average Bonchev–Trinajstić information content (AvgIpc) is 2.35. The van der Waals surface area contributed by atoms with Gasteiger partial charge in [-0.1, -0.05) is 0 Å². The monoisotopic (exact) mass is 160 g/mol. The Kier molecular flexibility index (Phi) is 4.85. The summed E-state index contributed by atoms with van der Waals surface area (Å²) < 4.78 is 23.9. The molecule has 1 rings (SSSR count). The van der Waals surface area contributed by atoms with Crippen molar-refractivity contribution >= 4 is 0 Å². The van der Waals surface area contributed by atoms with Gasteiger partial charge in [0.1, 0.15) is 0 Å². The van der Waals surface area contributed by atoms with Crippen molar-refractivity contribution in [1.82, 2.24) is 0 Å². The maximum absolute atomic E-state index is 11.9. The summed E-state index contributed by atoms with van der Waals surface area (Å²) in [4.78, 5) is 0. The fraction of sp³-hybridized carbons (Fsp3) is 0.778. The molecule has 0 atom stereocenters. The first-order valence-electron chi connectivity index (χ1n) is 3.84. The van der Waals surface area contributed by atoms with Gasteiger partial charge in [0, 0.05) is 12.8 Å². The fourth-order valence-electron chi connectivity index (χ4n) is 0.892. The Hall–Kier alpha value is -0.580. The second kappa shape index (κ2) is 5.12. The van der Waals surface area contributed by atoms with Crippen LogP contribution in [0.1, 0.15) is 39.5 Å². The molecule has 0 amide bonds. The third-order valence-corrected chi connectivity index (χ3v) is 1.59. The van der Waals surface area contributed by atoms with Gasteiger partial charge in [-0.05, 0) is 26.7 Å². The molecule has 1 aliphatic rings. The highest BCUT2D eigenvalue weighted by Gasteiger charge is 2.32. The molecular weight excluding hydrogens is 146 g/mol. The van der Waals surface area contributed by atoms with Crippen LogP contribution < -0.4 is 0 Å². The van der Waals surface area contributed by atoms with E-state index in [2.05, 4.69) is 11.8 Å². The molecule has 1 aliphatic carbocycles. The molecule has 0 spiro atoms. The van der Waals surface area contributed by atoms with E-state index in [1.54, 1.807) is 0 Å². The van der Waals surface area contributed by atoms with Crippen LogP contribution in [0.4, 0.5) is 8.78 Å². The van der Waals surface area contributed by atoms with Gasteiger partial charge in [-0.3, -0.25) is 0 Å². The van der Waals surface area contributed by atoms with E-state index in [0.717, 1.165) is 0 Å². The molecule has 11 heavy (non-hydrogen) atoms. The molecule has 0 aromatic heterocycles. The summed E-state index contributed by atoms with van der Waals surface area (Å²) in [5, 5.41) is 0. The molecule has 0 bridgehead atoms. The summed E-state index contributed by atoms with van der Waals surface area (Å²) in [5.74, 6) is 3.06. The zero-order chi connectivity index (χ0) is 8.74. The Morgan fingerprint density at radius 3 is 1.45 bits per heavy atom. The SMILES string of the molecule is CC#CC.FC1(F)CCCC1. The maximum atomic E-state index is 11.9. The zero-order valence-electron chi connectivity index (χ0n) is 7.08. The van der Waals surface area contributed by atoms with E-state index in [0.29, 0.717) is 12.8 Å². The third kappa shape index (κ3) is 5.84. The molecule has 0 radical (unpaired) electrons. The summed E-state index contributed by atoms with van der Waals surface area (Å²) in [5.41, 5.74) is 0. The summed E-state index contributed by atoms with van der Waals surface area (Å²) in [7, 11) is 0. The topological polar surface area (TPSA) is 0 Å². The van der Waals surface area contributed by atoms with Crippen molar-refractivity contribution < 1.29 is 8.78 Å². The Morgan fingerprint density at radius 1 is 1.00 bits per heavy atom. The van der Waals surface area contributed by atoms with Gasteiger partial charge in [0.2, 0.25) is 5.92 Å². The lowest BCUT2D eigenvalue weighted by Gasteiger charge is -2.03. The van der Waals surface area contributed by atoms with Gasteiger partial charge >= 0.3 is 0 Å². The number of alkyl halides is 2. The minimum absolute atomic E-state index is 0.118. The minimum atomic E-state index is -2.31. The second-order valence-electron chi connectivity index (χ2n) is 2.56. The van der Waals surface area contributed by atoms with Crippen molar-refractivity contribution in [1.29, 1.82) is 0 Å². The highest BCUT2D eigenvalue weighted by molar-refractivity contribution is 4.89. The molecule has 0 aliphatic heterocycles. The summed E-state index contributed by atoms with van der Waals surface area (Å²) in [6.07, 6.45) is 1.67. The van der Waals surface area contributed by atoms with Crippen molar-refractivity contribution in [3.63, 3.8) is 0 Å². The quantitative estimate of drug-likeness (QED) is 0.477. The summed E-state index contributed by atoms with van der Waals surface area (Å²) in [6.45, 7) is 3.64. The second-order valence-corrected chi connectivity index (χ2v) is 2.56. The van der Waals surface area contributed by atoms with Crippen LogP contribution in [-0.2, 0) is 0 Å². The van der Waals surface area contributed by atoms with Gasteiger partial charge in [-0.15, -0.1) is 11.8 Å². The molecule has 1 saturated carbocycles. The predicted molar refractivity (Wildman–Crippen MR) is 42.5 cm³/mol. The van der Waals surface area contributed by atoms with E-state index in [9.17, 15) is 8.78 Å². The van der Waals surface area contributed by atoms with E-state index in [1.165, 1.54) is 0 Å². The zero-order valence-corrected chi connectivity index (χ0v) is 7.08. The van der Waals surface area contributed by atoms with Gasteiger partial charge in [0.25, 0.3) is 0 Å². The number of hydrogen-bond donors (Lipinski definition) is 0. The van der Waals surface area contributed by atoms with Gasteiger partial charge in [-0.25, -0.2) is 8.78 Å². The third-order valence-electron chi connectivity index (χ3n) is 1.59. The lowest BCUT2D eigenvalue weighted by molar-refractivity contribution is 0.00932. The lowest BCUT2D eigenvalue weighted by Crippen LogP contribution is -2.06. The highest BCUT2D eigenvalue weighted by atomic mass is 19.3. The largest absolute Gasteiger partial charge is 0.248 e. The van der Waals surface area contributed by atoms with Crippen molar-refractivity contribution in [3.05, 3.63) is 0 Å². The first-order valence-corrected chi connectivity index (χ1v) is 3.84. The molecular formula is C9H14F2. The first-order chi connectivity index (χ1) is 5.12. The molecule has 1 fully saturated rings. The number of halogens is 2. The smallest absolute Gasteiger partial charge is 0.207 e. The van der Waals surface area contributed by atoms with Crippen LogP contribution >= 0.6 is 0 Å². The molecule has 2 heteroatoms. The van der Waals surface area contributed by atoms with E-state index in [1.807, 2.05) is 13.8 Å². The Balaban J connectivity index is 0.000000218. The van der Waals surface area contributed by atoms with E-state index in [4.69, 9.17) is 0 Å². The molecule has 0 aromatic carbocycles. The lowest BCUT2D eigenvalue weighted by atomic mass is 10.3. The Labute approximate surface area is 67.0 Å². The van der Waals surface area contributed by atoms with Crippen LogP contribution in [0.15, 0.2) is 0 Å². The maximum Gasteiger partial charge on any atom is 0.248 e. The molecule has 0 nitrogen and oxygen atoms in total. The van der Waals surface area contributed by atoms with Crippen LogP contribution in [0, 0.1) is 11.8 Å². The highest BCUT2D eigenvalue weighted by Crippen LogP contribution is 2.33. The normalized spacial score (nSPS) is 19.3. The van der Waals surface area contributed by atoms with Gasteiger partial charge in [-0.2, -0.15) is 0 Å². The minimum Gasteiger partial charge on any atom is -0.207 e. The molecule has 0 aromatic rings. The fourth-order valence-corrected chi connectivity index (χ4v) is 0.892. The van der Waals surface area contributed by atoms with Crippen LogP contribution in [-0.4, -0.2) is 5.92 Å². The van der Waals surface area contributed by atoms with E-state index in [-0.39, 0.29) is 12.8 Å². The predicted octanol–water partition coefficient (Wildman–Crippen LogP) is 3.23. The van der Waals surface area contributed by atoms with Crippen LogP contribution in [0.3, 0.4) is 0 Å². The number of rotatable bonds is 0. The molecule has 64 valence electrons. The van der Waals surface area contributed by atoms with Crippen molar-refractivity contribution in [3.8, 4) is 11.8 Å². The molecule has 0 unspecified atom stereocenters. The summed E-state index contributed by atoms with van der Waals surface area (Å²) >= 11 is 0. The van der Waals surface area contributed by atoms with Crippen molar-refractivity contribution in [2.45, 2.75) is 45.5 Å². The molecule has 0 saturated heterocycles. The van der Waals surface area contributed by atoms with E-state index < -0.39 is 5.92 Å². The Bertz CT molecular complexity index is 137. The van der Waals surface area contributed by atoms with Crippen LogP contribution in [0.5, 0.6) is 0 Å².